The van der Waals surface area contributed by atoms with Gasteiger partial charge in [0.2, 0.25) is 0 Å². The number of hydrogen-bond donors (Lipinski definition) is 1. The minimum atomic E-state index is -1.14. The molecular formula is C41H65N3O4. The van der Waals surface area contributed by atoms with Crippen LogP contribution in [0.25, 0.3) is 0 Å². The lowest BCUT2D eigenvalue weighted by Crippen LogP contribution is -2.65. The maximum atomic E-state index is 14.2. The first kappa shape index (κ1) is 33.8. The van der Waals surface area contributed by atoms with E-state index in [1.54, 1.807) is 0 Å². The molecule has 268 valence electrons. The van der Waals surface area contributed by atoms with Gasteiger partial charge in [0.15, 0.2) is 0 Å². The third-order valence-electron chi connectivity index (χ3n) is 16.4. The molecule has 7 fully saturated rings. The van der Waals surface area contributed by atoms with E-state index >= 15 is 0 Å². The average Bonchev–Trinajstić information content (AvgIpc) is 3.90. The van der Waals surface area contributed by atoms with Crippen molar-refractivity contribution in [1.29, 1.82) is 0 Å². The maximum absolute atomic E-state index is 14.2. The molecule has 0 spiro atoms. The van der Waals surface area contributed by atoms with Gasteiger partial charge in [-0.25, -0.2) is 0 Å². The van der Waals surface area contributed by atoms with Crippen LogP contribution in [-0.2, 0) is 14.3 Å². The van der Waals surface area contributed by atoms with Gasteiger partial charge in [-0.2, -0.15) is 0 Å². The lowest BCUT2D eigenvalue weighted by atomic mass is 9.41. The van der Waals surface area contributed by atoms with Crippen LogP contribution in [0.1, 0.15) is 105 Å². The molecule has 0 amide bonds. The minimum absolute atomic E-state index is 0.104. The molecule has 3 aliphatic heterocycles. The number of aldehydes is 1. The first-order valence-corrected chi connectivity index (χ1v) is 20.5. The van der Waals surface area contributed by atoms with E-state index in [2.05, 4.69) is 48.5 Å². The van der Waals surface area contributed by atoms with Gasteiger partial charge in [0, 0.05) is 50.7 Å². The van der Waals surface area contributed by atoms with Crippen LogP contribution in [-0.4, -0.2) is 103 Å². The molecule has 48 heavy (non-hydrogen) atoms. The number of allylic oxidation sites excluding steroid dienone is 1. The minimum Gasteiger partial charge on any atom is -0.481 e. The fraction of sp³-hybridized carbons (Fsp3) is 0.902. The standard InChI is InChI=1S/C41H65N3O4/c1-5-42(16-17-43-18-19-44-15-9-12-31(44)24-43)25-36-32(29-10-7-6-8-11-29)21-37(48-36)40-23-33-28(4)13-14-34(33)39(26-45)22-30(40)20-35(27(2)3)41(39,40)38(46)47/h20,26-34,36-37H,5-19,21-25H2,1-4H3,(H,46,47)/t28-,30?,31?,32+,33-,34-,36+,37-,39?,40?,41+/m1/s1. The van der Waals surface area contributed by atoms with Gasteiger partial charge in [-0.3, -0.25) is 19.5 Å². The number of nitrogens with zero attached hydrogens (tertiary/aromatic N) is 3. The Hall–Kier alpha value is -1.28. The fourth-order valence-corrected chi connectivity index (χ4v) is 14.4. The number of fused-ring (bicyclic) bond motifs is 3. The van der Waals surface area contributed by atoms with Gasteiger partial charge in [-0.05, 0) is 93.0 Å². The van der Waals surface area contributed by atoms with E-state index in [4.69, 9.17) is 4.74 Å². The second kappa shape index (κ2) is 12.7. The van der Waals surface area contributed by atoms with E-state index in [0.29, 0.717) is 30.1 Å². The van der Waals surface area contributed by atoms with Crippen molar-refractivity contribution >= 4 is 12.3 Å². The first-order valence-electron chi connectivity index (χ1n) is 20.5. The fourth-order valence-electron chi connectivity index (χ4n) is 14.4. The summed E-state index contributed by atoms with van der Waals surface area (Å²) in [5.74, 6) is 1.74. The van der Waals surface area contributed by atoms with Crippen molar-refractivity contribution in [2.75, 3.05) is 52.4 Å². The number of hydrogen-bond acceptors (Lipinski definition) is 6. The molecule has 3 saturated heterocycles. The molecule has 11 atom stereocenters. The molecular weight excluding hydrogens is 598 g/mol. The highest BCUT2D eigenvalue weighted by atomic mass is 16.5. The monoisotopic (exact) mass is 663 g/mol. The molecule has 7 nitrogen and oxygen atoms in total. The summed E-state index contributed by atoms with van der Waals surface area (Å²) in [6.07, 6.45) is 17.5. The number of likely N-dealkylation sites (N-methyl/N-ethyl adjacent to an activating group) is 1. The number of aliphatic carboxylic acids is 1. The zero-order valence-electron chi connectivity index (χ0n) is 30.6. The number of ether oxygens (including phenoxy) is 1. The number of carbonyl (C=O) groups excluding carboxylic acids is 1. The van der Waals surface area contributed by atoms with E-state index < -0.39 is 22.2 Å². The van der Waals surface area contributed by atoms with Crippen LogP contribution < -0.4 is 0 Å². The van der Waals surface area contributed by atoms with Crippen LogP contribution in [0.2, 0.25) is 0 Å². The molecule has 7 heteroatoms. The van der Waals surface area contributed by atoms with Crippen molar-refractivity contribution in [1.82, 2.24) is 14.7 Å². The predicted octanol–water partition coefficient (Wildman–Crippen LogP) is 6.37. The Morgan fingerprint density at radius 1 is 1.06 bits per heavy atom. The summed E-state index contributed by atoms with van der Waals surface area (Å²) in [5.41, 5.74) is -1.43. The Morgan fingerprint density at radius 3 is 2.60 bits per heavy atom. The van der Waals surface area contributed by atoms with Gasteiger partial charge in [-0.15, -0.1) is 0 Å². The van der Waals surface area contributed by atoms with Gasteiger partial charge in [0.25, 0.3) is 0 Å². The molecule has 1 N–H and O–H groups in total. The van der Waals surface area contributed by atoms with Crippen molar-refractivity contribution in [2.24, 2.45) is 57.7 Å². The Bertz CT molecular complexity index is 1260. The quantitative estimate of drug-likeness (QED) is 0.204. The van der Waals surface area contributed by atoms with E-state index in [0.717, 1.165) is 63.5 Å². The molecule has 8 aliphatic rings. The topological polar surface area (TPSA) is 73.3 Å². The largest absolute Gasteiger partial charge is 0.481 e. The highest BCUT2D eigenvalue weighted by Gasteiger charge is 2.86. The van der Waals surface area contributed by atoms with Crippen molar-refractivity contribution in [3.63, 3.8) is 0 Å². The van der Waals surface area contributed by atoms with Gasteiger partial charge in [-0.1, -0.05) is 77.9 Å². The lowest BCUT2D eigenvalue weighted by Gasteiger charge is -2.60. The molecule has 0 aromatic rings. The zero-order valence-corrected chi connectivity index (χ0v) is 30.6. The Balaban J connectivity index is 1.11. The smallest absolute Gasteiger partial charge is 0.315 e. The molecule has 0 aromatic carbocycles. The molecule has 5 aliphatic carbocycles. The molecule has 4 unspecified atom stereocenters. The van der Waals surface area contributed by atoms with Crippen molar-refractivity contribution < 1.29 is 19.4 Å². The zero-order chi connectivity index (χ0) is 33.4. The van der Waals surface area contributed by atoms with Crippen LogP contribution in [0.5, 0.6) is 0 Å². The van der Waals surface area contributed by atoms with Crippen molar-refractivity contribution in [2.45, 2.75) is 123 Å². The average molecular weight is 664 g/mol. The highest BCUT2D eigenvalue weighted by molar-refractivity contribution is 5.90. The summed E-state index contributed by atoms with van der Waals surface area (Å²) >= 11 is 0. The molecule has 0 aromatic heterocycles. The third kappa shape index (κ3) is 4.71. The van der Waals surface area contributed by atoms with Gasteiger partial charge in [0.1, 0.15) is 11.7 Å². The number of carbonyl (C=O) groups is 2. The van der Waals surface area contributed by atoms with Gasteiger partial charge >= 0.3 is 5.97 Å². The first-order chi connectivity index (χ1) is 23.2. The van der Waals surface area contributed by atoms with E-state index in [1.807, 2.05) is 0 Å². The highest BCUT2D eigenvalue weighted by Crippen LogP contribution is 2.84. The summed E-state index contributed by atoms with van der Waals surface area (Å²) in [6.45, 7) is 18.1. The summed E-state index contributed by atoms with van der Waals surface area (Å²) in [6, 6.07) is 0.756. The molecule has 4 bridgehead atoms. The Morgan fingerprint density at radius 2 is 1.88 bits per heavy atom. The summed E-state index contributed by atoms with van der Waals surface area (Å²) < 4.78 is 7.55. The van der Waals surface area contributed by atoms with Crippen LogP contribution in [0.15, 0.2) is 11.6 Å². The lowest BCUT2D eigenvalue weighted by molar-refractivity contribution is -0.197. The molecule has 0 radical (unpaired) electrons. The predicted molar refractivity (Wildman–Crippen MR) is 189 cm³/mol. The second-order valence-corrected chi connectivity index (χ2v) is 18.4. The SMILES string of the molecule is CCN(CCN1CCN2CCCC2C1)C[C@@H]1O[C@@H](C23C[C@@H]4[C@H](C)CC[C@H]4C4(C=O)CC2C=C(C(C)C)[C@]43C(=O)O)C[C@H]1C1CCCCC1. The number of piperazine rings is 1. The summed E-state index contributed by atoms with van der Waals surface area (Å²) in [7, 11) is 0. The van der Waals surface area contributed by atoms with Crippen LogP contribution in [0.3, 0.4) is 0 Å². The van der Waals surface area contributed by atoms with Crippen molar-refractivity contribution in [3.05, 3.63) is 11.6 Å². The normalized spacial score (nSPS) is 46.0. The third-order valence-corrected chi connectivity index (χ3v) is 16.4. The summed E-state index contributed by atoms with van der Waals surface area (Å²) in [4.78, 5) is 36.0. The molecule has 4 saturated carbocycles. The van der Waals surface area contributed by atoms with Crippen LogP contribution in [0, 0.1) is 57.7 Å². The van der Waals surface area contributed by atoms with Crippen molar-refractivity contribution in [3.8, 4) is 0 Å². The van der Waals surface area contributed by atoms with Crippen LogP contribution in [0.4, 0.5) is 0 Å². The number of carboxylic acid groups (broad SMARTS) is 1. The Labute approximate surface area is 290 Å². The molecule has 3 heterocycles. The van der Waals surface area contributed by atoms with Gasteiger partial charge in [0.05, 0.1) is 17.6 Å². The van der Waals surface area contributed by atoms with E-state index in [9.17, 15) is 14.7 Å². The van der Waals surface area contributed by atoms with Crippen LogP contribution >= 0.6 is 0 Å². The van der Waals surface area contributed by atoms with E-state index in [-0.39, 0.29) is 30.0 Å². The summed E-state index contributed by atoms with van der Waals surface area (Å²) in [5, 5.41) is 11.7. The van der Waals surface area contributed by atoms with Gasteiger partial charge < -0.3 is 14.6 Å². The number of rotatable bonds is 11. The second-order valence-electron chi connectivity index (χ2n) is 18.4. The Kier molecular flexibility index (Phi) is 8.98. The number of carboxylic acids is 1. The maximum Gasteiger partial charge on any atom is 0.315 e. The molecule has 8 rings (SSSR count). The van der Waals surface area contributed by atoms with E-state index in [1.165, 1.54) is 77.4 Å².